The number of ether oxygens (including phenoxy) is 4. The van der Waals surface area contributed by atoms with Crippen LogP contribution in [0.1, 0.15) is 49.3 Å². The second-order valence-corrected chi connectivity index (χ2v) is 11.1. The molecular weight excluding hydrogens is 559 g/mol. The molecular formula is C31H39FN4O5S. The highest BCUT2D eigenvalue weighted by Crippen LogP contribution is 2.36. The summed E-state index contributed by atoms with van der Waals surface area (Å²) in [6, 6.07) is 11.1. The van der Waals surface area contributed by atoms with Gasteiger partial charge in [0.25, 0.3) is 5.91 Å². The van der Waals surface area contributed by atoms with Gasteiger partial charge in [-0.2, -0.15) is 4.98 Å². The molecule has 0 saturated carbocycles. The standard InChI is InChI=1S/C31H39FN4O5S/c1-5-39-31(42-6-2)26-9-7-14-36(26)30(37)23-17-27(38-4)28(18-24(23)33)40-15-8-16-41-29-19-25(34-20(3)35-29)21-10-12-22(32)13-11-21/h10-13,17-19,26,31H,5-9,14-16,33H2,1-4H3/t26-,31?/m0/s1. The van der Waals surface area contributed by atoms with Crippen LogP contribution in [0.5, 0.6) is 17.4 Å². The van der Waals surface area contributed by atoms with Crippen molar-refractivity contribution < 1.29 is 28.1 Å². The van der Waals surface area contributed by atoms with Crippen LogP contribution >= 0.6 is 11.8 Å². The Balaban J connectivity index is 1.36. The Hall–Kier alpha value is -3.57. The van der Waals surface area contributed by atoms with Crippen LogP contribution in [-0.2, 0) is 4.74 Å². The van der Waals surface area contributed by atoms with Gasteiger partial charge < -0.3 is 29.6 Å². The lowest BCUT2D eigenvalue weighted by Gasteiger charge is -2.31. The molecule has 2 aromatic carbocycles. The third-order valence-electron chi connectivity index (χ3n) is 6.85. The zero-order valence-corrected chi connectivity index (χ0v) is 25.4. The summed E-state index contributed by atoms with van der Waals surface area (Å²) < 4.78 is 36.6. The van der Waals surface area contributed by atoms with Crippen molar-refractivity contribution in [2.24, 2.45) is 0 Å². The van der Waals surface area contributed by atoms with Gasteiger partial charge in [-0.1, -0.05) is 6.92 Å². The van der Waals surface area contributed by atoms with E-state index in [0.717, 1.165) is 24.2 Å². The van der Waals surface area contributed by atoms with E-state index in [2.05, 4.69) is 16.9 Å². The zero-order chi connectivity index (χ0) is 30.1. The van der Waals surface area contributed by atoms with E-state index in [4.69, 9.17) is 24.7 Å². The Kier molecular flexibility index (Phi) is 11.2. The largest absolute Gasteiger partial charge is 0.493 e. The minimum Gasteiger partial charge on any atom is -0.493 e. The first kappa shape index (κ1) is 31.4. The molecule has 2 N–H and O–H groups in total. The highest BCUT2D eigenvalue weighted by atomic mass is 32.2. The molecule has 1 saturated heterocycles. The number of nitrogens with two attached hydrogens (primary N) is 1. The van der Waals surface area contributed by atoms with Crippen LogP contribution in [-0.4, -0.2) is 71.5 Å². The number of anilines is 1. The summed E-state index contributed by atoms with van der Waals surface area (Å²) >= 11 is 1.72. The van der Waals surface area contributed by atoms with Gasteiger partial charge in [0.1, 0.15) is 17.1 Å². The average molecular weight is 599 g/mol. The van der Waals surface area contributed by atoms with Gasteiger partial charge in [0, 0.05) is 43.0 Å². The SMILES string of the molecule is CCOC(SCC)[C@@H]1CCCN1C(=O)c1cc(OC)c(OCCCOc2cc(-c3ccc(F)cc3)nc(C)n2)cc1N. The first-order chi connectivity index (χ1) is 20.3. The fourth-order valence-electron chi connectivity index (χ4n) is 4.91. The number of rotatable bonds is 14. The van der Waals surface area contributed by atoms with Gasteiger partial charge in [-0.15, -0.1) is 11.8 Å². The number of halogens is 1. The number of aromatic nitrogens is 2. The number of benzene rings is 2. The molecule has 2 heterocycles. The predicted octanol–water partition coefficient (Wildman–Crippen LogP) is 5.75. The van der Waals surface area contributed by atoms with E-state index >= 15 is 0 Å². The van der Waals surface area contributed by atoms with E-state index in [-0.39, 0.29) is 23.2 Å². The number of amides is 1. The summed E-state index contributed by atoms with van der Waals surface area (Å²) in [5.41, 5.74) is 8.45. The van der Waals surface area contributed by atoms with Crippen molar-refractivity contribution in [1.82, 2.24) is 14.9 Å². The molecule has 226 valence electrons. The number of likely N-dealkylation sites (tertiary alicyclic amines) is 1. The van der Waals surface area contributed by atoms with Crippen molar-refractivity contribution in [3.8, 4) is 28.6 Å². The normalized spacial score (nSPS) is 15.5. The topological polar surface area (TPSA) is 109 Å². The van der Waals surface area contributed by atoms with E-state index < -0.39 is 0 Å². The fraction of sp³-hybridized carbons (Fsp3) is 0.452. The van der Waals surface area contributed by atoms with Gasteiger partial charge in [-0.05, 0) is 62.8 Å². The van der Waals surface area contributed by atoms with Crippen LogP contribution in [0.2, 0.25) is 0 Å². The monoisotopic (exact) mass is 598 g/mol. The smallest absolute Gasteiger partial charge is 0.256 e. The number of carbonyl (C=O) groups is 1. The van der Waals surface area contributed by atoms with Gasteiger partial charge in [-0.25, -0.2) is 9.37 Å². The number of thioether (sulfide) groups is 1. The van der Waals surface area contributed by atoms with Crippen LogP contribution in [0.15, 0.2) is 42.5 Å². The molecule has 4 rings (SSSR count). The first-order valence-corrected chi connectivity index (χ1v) is 15.3. The number of nitrogens with zero attached hydrogens (tertiary/aromatic N) is 3. The van der Waals surface area contributed by atoms with Gasteiger partial charge in [0.15, 0.2) is 11.5 Å². The fourth-order valence-corrected chi connectivity index (χ4v) is 5.98. The zero-order valence-electron chi connectivity index (χ0n) is 24.6. The Labute approximate surface area is 250 Å². The van der Waals surface area contributed by atoms with Crippen LogP contribution < -0.4 is 19.9 Å². The summed E-state index contributed by atoms with van der Waals surface area (Å²) in [6.07, 6.45) is 2.38. The van der Waals surface area contributed by atoms with Crippen molar-refractivity contribution in [3.63, 3.8) is 0 Å². The number of nitrogen functional groups attached to an aromatic ring is 1. The number of carbonyl (C=O) groups excluding carboxylic acids is 1. The molecule has 1 aliphatic rings. The van der Waals surface area contributed by atoms with Crippen molar-refractivity contribution in [2.75, 3.05) is 45.0 Å². The lowest BCUT2D eigenvalue weighted by atomic mass is 10.1. The molecule has 0 radical (unpaired) electrons. The Morgan fingerprint density at radius 2 is 1.88 bits per heavy atom. The second kappa shape index (κ2) is 15.1. The molecule has 9 nitrogen and oxygen atoms in total. The Bertz CT molecular complexity index is 1340. The van der Waals surface area contributed by atoms with Crippen LogP contribution in [0.3, 0.4) is 0 Å². The van der Waals surface area contributed by atoms with E-state index in [9.17, 15) is 9.18 Å². The van der Waals surface area contributed by atoms with Gasteiger partial charge in [0.2, 0.25) is 5.88 Å². The Morgan fingerprint density at radius 3 is 2.60 bits per heavy atom. The summed E-state index contributed by atoms with van der Waals surface area (Å²) in [4.78, 5) is 24.2. The van der Waals surface area contributed by atoms with Crippen molar-refractivity contribution in [3.05, 3.63) is 59.7 Å². The quantitative estimate of drug-likeness (QED) is 0.141. The van der Waals surface area contributed by atoms with Crippen molar-refractivity contribution in [2.45, 2.75) is 51.5 Å². The number of hydrogen-bond donors (Lipinski definition) is 1. The maximum atomic E-state index is 13.6. The van der Waals surface area contributed by atoms with Crippen molar-refractivity contribution >= 4 is 23.4 Å². The number of hydrogen-bond acceptors (Lipinski definition) is 9. The lowest BCUT2D eigenvalue weighted by molar-refractivity contribution is 0.0461. The molecule has 1 fully saturated rings. The molecule has 0 bridgehead atoms. The molecule has 11 heteroatoms. The maximum Gasteiger partial charge on any atom is 0.256 e. The third-order valence-corrected chi connectivity index (χ3v) is 7.97. The van der Waals surface area contributed by atoms with E-state index in [1.165, 1.54) is 19.2 Å². The Morgan fingerprint density at radius 1 is 1.12 bits per heavy atom. The number of aryl methyl sites for hydroxylation is 1. The molecule has 1 aliphatic heterocycles. The molecule has 3 aromatic rings. The minimum absolute atomic E-state index is 0.00540. The summed E-state index contributed by atoms with van der Waals surface area (Å²) in [5.74, 6) is 2.34. The van der Waals surface area contributed by atoms with Crippen molar-refractivity contribution in [1.29, 1.82) is 0 Å². The highest BCUT2D eigenvalue weighted by Gasteiger charge is 2.36. The first-order valence-electron chi connectivity index (χ1n) is 14.2. The molecule has 2 atom stereocenters. The molecule has 42 heavy (non-hydrogen) atoms. The molecule has 0 aliphatic carbocycles. The summed E-state index contributed by atoms with van der Waals surface area (Å²) in [6.45, 7) is 7.78. The van der Waals surface area contributed by atoms with E-state index in [1.54, 1.807) is 49.0 Å². The third kappa shape index (κ3) is 7.83. The van der Waals surface area contributed by atoms with Gasteiger partial charge >= 0.3 is 0 Å². The second-order valence-electron chi connectivity index (χ2n) is 9.77. The molecule has 1 unspecified atom stereocenters. The maximum absolute atomic E-state index is 13.6. The van der Waals surface area contributed by atoms with Gasteiger partial charge in [-0.3, -0.25) is 4.79 Å². The molecule has 1 aromatic heterocycles. The van der Waals surface area contributed by atoms with E-state index in [0.29, 0.717) is 72.9 Å². The van der Waals surface area contributed by atoms with Crippen LogP contribution in [0.4, 0.5) is 10.1 Å². The summed E-state index contributed by atoms with van der Waals surface area (Å²) in [5, 5.41) is 0. The number of methoxy groups -OCH3 is 1. The predicted molar refractivity (Wildman–Crippen MR) is 163 cm³/mol. The minimum atomic E-state index is -0.307. The summed E-state index contributed by atoms with van der Waals surface area (Å²) in [7, 11) is 1.54. The molecule has 0 spiro atoms. The lowest BCUT2D eigenvalue weighted by Crippen LogP contribution is -2.43. The van der Waals surface area contributed by atoms with Crippen LogP contribution in [0.25, 0.3) is 11.3 Å². The highest BCUT2D eigenvalue weighted by molar-refractivity contribution is 7.99. The average Bonchev–Trinajstić information content (AvgIpc) is 3.47. The molecule has 1 amide bonds. The van der Waals surface area contributed by atoms with Gasteiger partial charge in [0.05, 0.1) is 37.6 Å². The van der Waals surface area contributed by atoms with E-state index in [1.807, 2.05) is 11.8 Å². The van der Waals surface area contributed by atoms with Crippen LogP contribution in [0, 0.1) is 12.7 Å².